The molecule has 0 aliphatic heterocycles. The zero-order chi connectivity index (χ0) is 25.5. The molecule has 0 fully saturated rings. The maximum Gasteiger partial charge on any atom is 0.453 e. The largest absolute Gasteiger partial charge is 0.453 e. The first-order valence-electron chi connectivity index (χ1n) is 10.2. The molecule has 13 heteroatoms. The maximum atomic E-state index is 13.1. The highest BCUT2D eigenvalue weighted by molar-refractivity contribution is 6.37. The molecule has 0 aliphatic rings. The summed E-state index contributed by atoms with van der Waals surface area (Å²) in [4.78, 5) is 15.7. The zero-order valence-corrected chi connectivity index (χ0v) is 19.8. The van der Waals surface area contributed by atoms with Crippen LogP contribution in [0.4, 0.5) is 24.5 Å². The predicted octanol–water partition coefficient (Wildman–Crippen LogP) is 5.88. The number of nitrogens with zero attached hydrogens (tertiary/aromatic N) is 5. The van der Waals surface area contributed by atoms with Gasteiger partial charge in [0.15, 0.2) is 11.5 Å². The van der Waals surface area contributed by atoms with E-state index >= 15 is 0 Å². The molecular weight excluding hydrogens is 506 g/mol. The van der Waals surface area contributed by atoms with E-state index in [1.165, 1.54) is 15.6 Å². The predicted molar refractivity (Wildman–Crippen MR) is 126 cm³/mol. The number of primary amides is 1. The molecular formula is C22H18Cl2F3N7O. The molecule has 0 atom stereocenters. The Morgan fingerprint density at radius 2 is 1.69 bits per heavy atom. The van der Waals surface area contributed by atoms with Gasteiger partial charge in [0, 0.05) is 17.3 Å². The second-order valence-electron chi connectivity index (χ2n) is 7.77. The summed E-state index contributed by atoms with van der Waals surface area (Å²) < 4.78 is 42.0. The Kier molecular flexibility index (Phi) is 6.48. The Morgan fingerprint density at radius 1 is 1.06 bits per heavy atom. The number of amides is 1. The number of nitrogens with one attached hydrogen (secondary N) is 1. The Bertz CT molecular complexity index is 1380. The molecule has 2 heterocycles. The first-order valence-corrected chi connectivity index (χ1v) is 11.0. The zero-order valence-electron chi connectivity index (χ0n) is 18.3. The van der Waals surface area contributed by atoms with Crippen molar-refractivity contribution in [1.29, 1.82) is 0 Å². The van der Waals surface area contributed by atoms with Gasteiger partial charge in [-0.15, -0.1) is 5.10 Å². The van der Waals surface area contributed by atoms with Crippen molar-refractivity contribution in [1.82, 2.24) is 24.5 Å². The molecule has 2 aromatic heterocycles. The van der Waals surface area contributed by atoms with Gasteiger partial charge < -0.3 is 11.1 Å². The third-order valence-corrected chi connectivity index (χ3v) is 5.52. The second-order valence-corrected chi connectivity index (χ2v) is 8.58. The van der Waals surface area contributed by atoms with Gasteiger partial charge in [0.2, 0.25) is 0 Å². The lowest BCUT2D eigenvalue weighted by atomic mass is 10.2. The highest BCUT2D eigenvalue weighted by atomic mass is 35.5. The van der Waals surface area contributed by atoms with Crippen molar-refractivity contribution in [3.63, 3.8) is 0 Å². The first-order chi connectivity index (χ1) is 16.5. The average molecular weight is 524 g/mol. The SMILES string of the molecule is CC(C)n1nc(C(F)(F)F)nc1-c1ccc(Nc2cn(-c3c(Cl)cccc3Cl)nc2C(N)=O)cc1. The van der Waals surface area contributed by atoms with Crippen molar-refractivity contribution < 1.29 is 18.0 Å². The van der Waals surface area contributed by atoms with Gasteiger partial charge in [-0.1, -0.05) is 29.3 Å². The van der Waals surface area contributed by atoms with E-state index in [1.54, 1.807) is 56.3 Å². The number of rotatable bonds is 6. The molecule has 2 aromatic carbocycles. The molecule has 182 valence electrons. The van der Waals surface area contributed by atoms with Gasteiger partial charge in [-0.25, -0.2) is 14.3 Å². The molecule has 0 spiro atoms. The number of anilines is 2. The number of para-hydroxylation sites is 1. The number of hydrogen-bond acceptors (Lipinski definition) is 5. The van der Waals surface area contributed by atoms with Gasteiger partial charge in [-0.2, -0.15) is 18.3 Å². The fourth-order valence-electron chi connectivity index (χ4n) is 3.33. The lowest BCUT2D eigenvalue weighted by molar-refractivity contribution is -0.145. The minimum atomic E-state index is -4.66. The lowest BCUT2D eigenvalue weighted by Crippen LogP contribution is -2.14. The summed E-state index contributed by atoms with van der Waals surface area (Å²) in [6.07, 6.45) is -3.15. The minimum Gasteiger partial charge on any atom is -0.364 e. The van der Waals surface area contributed by atoms with Crippen molar-refractivity contribution in [2.24, 2.45) is 5.73 Å². The summed E-state index contributed by atoms with van der Waals surface area (Å²) in [5.41, 5.74) is 7.04. The monoisotopic (exact) mass is 523 g/mol. The summed E-state index contributed by atoms with van der Waals surface area (Å²) in [6.45, 7) is 3.42. The fourth-order valence-corrected chi connectivity index (χ4v) is 3.90. The molecule has 35 heavy (non-hydrogen) atoms. The number of alkyl halides is 3. The van der Waals surface area contributed by atoms with Crippen molar-refractivity contribution in [2.75, 3.05) is 5.32 Å². The Labute approximate surface area is 207 Å². The molecule has 4 aromatic rings. The van der Waals surface area contributed by atoms with Crippen LogP contribution in [0.15, 0.2) is 48.7 Å². The fraction of sp³-hybridized carbons (Fsp3) is 0.182. The number of carbonyl (C=O) groups excluding carboxylic acids is 1. The lowest BCUT2D eigenvalue weighted by Gasteiger charge is -2.10. The van der Waals surface area contributed by atoms with Crippen LogP contribution in [0.2, 0.25) is 10.0 Å². The van der Waals surface area contributed by atoms with E-state index in [1.807, 2.05) is 0 Å². The third-order valence-electron chi connectivity index (χ3n) is 4.91. The van der Waals surface area contributed by atoms with Gasteiger partial charge in [-0.05, 0) is 50.2 Å². The van der Waals surface area contributed by atoms with Crippen LogP contribution in [-0.2, 0) is 6.18 Å². The van der Waals surface area contributed by atoms with Crippen LogP contribution in [-0.4, -0.2) is 30.5 Å². The molecule has 1 amide bonds. The van der Waals surface area contributed by atoms with Gasteiger partial charge >= 0.3 is 6.18 Å². The molecule has 8 nitrogen and oxygen atoms in total. The van der Waals surface area contributed by atoms with Crippen molar-refractivity contribution in [3.05, 3.63) is 70.2 Å². The highest BCUT2D eigenvalue weighted by Gasteiger charge is 2.37. The maximum absolute atomic E-state index is 13.1. The molecule has 0 saturated heterocycles. The van der Waals surface area contributed by atoms with E-state index < -0.39 is 17.9 Å². The topological polar surface area (TPSA) is 104 Å². The molecule has 3 N–H and O–H groups in total. The molecule has 4 rings (SSSR count). The van der Waals surface area contributed by atoms with Crippen LogP contribution in [0.5, 0.6) is 0 Å². The number of carbonyl (C=O) groups is 1. The van der Waals surface area contributed by atoms with Gasteiger partial charge in [0.1, 0.15) is 5.69 Å². The van der Waals surface area contributed by atoms with Crippen LogP contribution in [0.1, 0.15) is 36.2 Å². The molecule has 0 bridgehead atoms. The van der Waals surface area contributed by atoms with Crippen molar-refractivity contribution >= 4 is 40.5 Å². The normalized spacial score (nSPS) is 11.8. The van der Waals surface area contributed by atoms with E-state index in [4.69, 9.17) is 28.9 Å². The summed E-state index contributed by atoms with van der Waals surface area (Å²) >= 11 is 12.5. The number of halogens is 5. The third kappa shape index (κ3) is 4.96. The smallest absolute Gasteiger partial charge is 0.364 e. The van der Waals surface area contributed by atoms with E-state index in [-0.39, 0.29) is 23.2 Å². The van der Waals surface area contributed by atoms with Crippen LogP contribution in [0.25, 0.3) is 17.1 Å². The Balaban J connectivity index is 1.67. The van der Waals surface area contributed by atoms with Crippen LogP contribution in [0, 0.1) is 0 Å². The van der Waals surface area contributed by atoms with Crippen molar-refractivity contribution in [3.8, 4) is 17.1 Å². The van der Waals surface area contributed by atoms with Crippen molar-refractivity contribution in [2.45, 2.75) is 26.1 Å². The van der Waals surface area contributed by atoms with Crippen LogP contribution < -0.4 is 11.1 Å². The molecule has 0 saturated carbocycles. The summed E-state index contributed by atoms with van der Waals surface area (Å²) in [5.74, 6) is -1.91. The number of nitrogens with two attached hydrogens (primary N) is 1. The van der Waals surface area contributed by atoms with E-state index in [0.717, 1.165) is 0 Å². The number of benzene rings is 2. The molecule has 0 radical (unpaired) electrons. The highest BCUT2D eigenvalue weighted by Crippen LogP contribution is 2.32. The Hall–Kier alpha value is -3.57. The first kappa shape index (κ1) is 24.6. The van der Waals surface area contributed by atoms with Crippen LogP contribution in [0.3, 0.4) is 0 Å². The summed E-state index contributed by atoms with van der Waals surface area (Å²) in [5, 5.41) is 11.5. The number of hydrogen-bond donors (Lipinski definition) is 2. The standard InChI is InChI=1S/C22H18Cl2F3N7O/c1-11(2)34-20(30-21(32-34)22(25,26)27)12-6-8-13(9-7-12)29-16-10-33(31-17(16)19(28)35)18-14(23)4-3-5-15(18)24/h3-11,29H,1-2H3,(H2,28,35). The minimum absolute atomic E-state index is 0.0561. The van der Waals surface area contributed by atoms with Gasteiger partial charge in [0.25, 0.3) is 11.7 Å². The van der Waals surface area contributed by atoms with E-state index in [9.17, 15) is 18.0 Å². The van der Waals surface area contributed by atoms with Gasteiger partial charge in [0.05, 0.1) is 21.9 Å². The summed E-state index contributed by atoms with van der Waals surface area (Å²) in [7, 11) is 0. The van der Waals surface area contributed by atoms with E-state index in [2.05, 4.69) is 20.5 Å². The van der Waals surface area contributed by atoms with Crippen LogP contribution >= 0.6 is 23.2 Å². The summed E-state index contributed by atoms with van der Waals surface area (Å²) in [6, 6.07) is 11.0. The molecule has 0 aliphatic carbocycles. The van der Waals surface area contributed by atoms with E-state index in [0.29, 0.717) is 27.0 Å². The second kappa shape index (κ2) is 9.23. The average Bonchev–Trinajstić information content (AvgIpc) is 3.39. The van der Waals surface area contributed by atoms with Gasteiger partial charge in [-0.3, -0.25) is 4.79 Å². The quantitative estimate of drug-likeness (QED) is 0.328. The number of aromatic nitrogens is 5. The molecule has 0 unspecified atom stereocenters. The Morgan fingerprint density at radius 3 is 2.23 bits per heavy atom.